The van der Waals surface area contributed by atoms with Crippen molar-refractivity contribution in [3.63, 3.8) is 0 Å². The highest BCUT2D eigenvalue weighted by molar-refractivity contribution is 5.98. The van der Waals surface area contributed by atoms with Crippen LogP contribution in [0.2, 0.25) is 0 Å². The summed E-state index contributed by atoms with van der Waals surface area (Å²) in [4.78, 5) is 43.3. The van der Waals surface area contributed by atoms with E-state index in [0.717, 1.165) is 11.3 Å². The number of H-pyrrole nitrogens is 1. The van der Waals surface area contributed by atoms with E-state index in [1.165, 1.54) is 9.47 Å². The molecular weight excluding hydrogens is 382 g/mol. The van der Waals surface area contributed by atoms with E-state index in [-0.39, 0.29) is 37.0 Å². The van der Waals surface area contributed by atoms with Crippen LogP contribution in [0.15, 0.2) is 70.3 Å². The minimum absolute atomic E-state index is 0.0144. The van der Waals surface area contributed by atoms with E-state index in [1.807, 2.05) is 60.7 Å². The van der Waals surface area contributed by atoms with Gasteiger partial charge in [-0.2, -0.15) is 0 Å². The summed E-state index contributed by atoms with van der Waals surface area (Å²) in [6, 6.07) is 18.7. The topological polar surface area (TPSA) is 104 Å². The Hall–Kier alpha value is -3.81. The minimum atomic E-state index is -0.681. The van der Waals surface area contributed by atoms with Gasteiger partial charge < -0.3 is 15.5 Å². The number of aromatic amines is 1. The molecule has 0 spiro atoms. The molecule has 2 aromatic carbocycles. The lowest BCUT2D eigenvalue weighted by atomic mass is 10.2. The Morgan fingerprint density at radius 3 is 2.23 bits per heavy atom. The van der Waals surface area contributed by atoms with Crippen molar-refractivity contribution in [2.45, 2.75) is 13.5 Å². The van der Waals surface area contributed by atoms with Gasteiger partial charge in [0.05, 0.1) is 13.1 Å². The van der Waals surface area contributed by atoms with Crippen LogP contribution in [0.3, 0.4) is 0 Å². The predicted molar refractivity (Wildman–Crippen MR) is 119 cm³/mol. The highest BCUT2D eigenvalue weighted by Crippen LogP contribution is 2.19. The van der Waals surface area contributed by atoms with Crippen LogP contribution in [0.4, 0.5) is 17.2 Å². The summed E-state index contributed by atoms with van der Waals surface area (Å²) in [5.41, 5.74) is 6.64. The van der Waals surface area contributed by atoms with Crippen LogP contribution in [0.25, 0.3) is 0 Å². The summed E-state index contributed by atoms with van der Waals surface area (Å²) < 4.78 is 1.27. The number of carbonyl (C=O) groups is 1. The number of rotatable bonds is 7. The molecule has 1 amide bonds. The molecule has 0 bridgehead atoms. The van der Waals surface area contributed by atoms with Crippen LogP contribution >= 0.6 is 0 Å². The van der Waals surface area contributed by atoms with E-state index in [2.05, 4.69) is 4.98 Å². The van der Waals surface area contributed by atoms with Crippen molar-refractivity contribution in [3.8, 4) is 0 Å². The highest BCUT2D eigenvalue weighted by Gasteiger charge is 2.24. The van der Waals surface area contributed by atoms with Crippen LogP contribution in [0.1, 0.15) is 12.5 Å². The van der Waals surface area contributed by atoms with Gasteiger partial charge in [-0.25, -0.2) is 4.79 Å². The Morgan fingerprint density at radius 1 is 1.03 bits per heavy atom. The number of hydrogen-bond acceptors (Lipinski definition) is 5. The Morgan fingerprint density at radius 2 is 1.63 bits per heavy atom. The molecule has 0 aliphatic heterocycles. The third kappa shape index (κ3) is 4.43. The van der Waals surface area contributed by atoms with Gasteiger partial charge in [-0.05, 0) is 24.6 Å². The van der Waals surface area contributed by atoms with Crippen molar-refractivity contribution in [1.29, 1.82) is 0 Å². The summed E-state index contributed by atoms with van der Waals surface area (Å²) in [5.74, 6) is -0.337. The first-order valence-electron chi connectivity index (χ1n) is 9.65. The van der Waals surface area contributed by atoms with E-state index < -0.39 is 11.2 Å². The van der Waals surface area contributed by atoms with Crippen molar-refractivity contribution in [3.05, 3.63) is 87.1 Å². The third-order valence-electron chi connectivity index (χ3n) is 4.85. The van der Waals surface area contributed by atoms with Gasteiger partial charge in [0.15, 0.2) is 5.69 Å². The van der Waals surface area contributed by atoms with Gasteiger partial charge in [0.25, 0.3) is 5.56 Å². The molecule has 0 aliphatic carbocycles. The van der Waals surface area contributed by atoms with Crippen molar-refractivity contribution in [2.75, 3.05) is 35.7 Å². The lowest BCUT2D eigenvalue weighted by Gasteiger charge is -2.26. The molecule has 3 N–H and O–H groups in total. The molecule has 0 aliphatic rings. The van der Waals surface area contributed by atoms with E-state index in [0.29, 0.717) is 0 Å². The normalized spacial score (nSPS) is 10.6. The molecule has 30 heavy (non-hydrogen) atoms. The number of nitrogens with two attached hydrogens (primary N) is 1. The summed E-state index contributed by atoms with van der Waals surface area (Å²) in [5, 5.41) is 0. The number of aromatic nitrogens is 2. The molecule has 1 aromatic heterocycles. The molecule has 0 saturated heterocycles. The van der Waals surface area contributed by atoms with Gasteiger partial charge in [0.2, 0.25) is 5.91 Å². The smallest absolute Gasteiger partial charge is 0.330 e. The number of nitrogens with zero attached hydrogens (tertiary/aromatic N) is 3. The van der Waals surface area contributed by atoms with Gasteiger partial charge in [-0.1, -0.05) is 48.5 Å². The fourth-order valence-corrected chi connectivity index (χ4v) is 3.28. The second-order valence-corrected chi connectivity index (χ2v) is 6.89. The van der Waals surface area contributed by atoms with Crippen LogP contribution in [0.5, 0.6) is 0 Å². The van der Waals surface area contributed by atoms with Gasteiger partial charge in [-0.3, -0.25) is 19.1 Å². The maximum atomic E-state index is 13.0. The quantitative estimate of drug-likeness (QED) is 0.620. The second kappa shape index (κ2) is 9.13. The average Bonchev–Trinajstić information content (AvgIpc) is 2.75. The van der Waals surface area contributed by atoms with Crippen molar-refractivity contribution >= 4 is 23.1 Å². The zero-order valence-electron chi connectivity index (χ0n) is 17.0. The van der Waals surface area contributed by atoms with Crippen LogP contribution < -0.4 is 26.8 Å². The van der Waals surface area contributed by atoms with Crippen LogP contribution in [0, 0.1) is 0 Å². The van der Waals surface area contributed by atoms with Gasteiger partial charge >= 0.3 is 5.69 Å². The first-order valence-corrected chi connectivity index (χ1v) is 9.65. The Balaban J connectivity index is 1.94. The summed E-state index contributed by atoms with van der Waals surface area (Å²) in [6.45, 7) is 2.23. The number of anilines is 3. The molecular formula is C22H25N5O3. The van der Waals surface area contributed by atoms with Crippen LogP contribution in [-0.4, -0.2) is 35.6 Å². The minimum Gasteiger partial charge on any atom is -0.383 e. The van der Waals surface area contributed by atoms with Crippen molar-refractivity contribution in [1.82, 2.24) is 9.55 Å². The Labute approximate surface area is 174 Å². The van der Waals surface area contributed by atoms with E-state index in [9.17, 15) is 14.4 Å². The molecule has 1 heterocycles. The van der Waals surface area contributed by atoms with Crippen molar-refractivity contribution < 1.29 is 4.79 Å². The maximum Gasteiger partial charge on any atom is 0.330 e. The molecule has 8 heteroatoms. The van der Waals surface area contributed by atoms with Crippen molar-refractivity contribution in [2.24, 2.45) is 0 Å². The largest absolute Gasteiger partial charge is 0.383 e. The molecule has 8 nitrogen and oxygen atoms in total. The first-order chi connectivity index (χ1) is 14.4. The zero-order chi connectivity index (χ0) is 21.7. The molecule has 0 saturated carbocycles. The number of nitrogen functional groups attached to an aromatic ring is 1. The number of carbonyl (C=O) groups excluding carboxylic acids is 1. The molecule has 0 atom stereocenters. The number of likely N-dealkylation sites (N-methyl/N-ethyl adjacent to an activating group) is 2. The van der Waals surface area contributed by atoms with Gasteiger partial charge in [0.1, 0.15) is 5.82 Å². The predicted octanol–water partition coefficient (Wildman–Crippen LogP) is 1.66. The molecule has 0 fully saturated rings. The number of hydrogen-bond donors (Lipinski definition) is 2. The average molecular weight is 407 g/mol. The summed E-state index contributed by atoms with van der Waals surface area (Å²) in [7, 11) is 1.80. The monoisotopic (exact) mass is 407 g/mol. The number of amides is 1. The Kier molecular flexibility index (Phi) is 6.36. The number of benzene rings is 2. The second-order valence-electron chi connectivity index (χ2n) is 6.89. The standard InChI is InChI=1S/C22H25N5O3/c1-3-26(18(28)15-25(2)17-12-8-5-9-13-17)19-20(23)27(22(30)24-21(19)29)14-16-10-6-4-7-11-16/h4-13H,3,14-15,23H2,1-2H3,(H,24,29,30). The molecule has 156 valence electrons. The molecule has 3 aromatic rings. The lowest BCUT2D eigenvalue weighted by Crippen LogP contribution is -2.44. The molecule has 0 radical (unpaired) electrons. The SMILES string of the molecule is CCN(C(=O)CN(C)c1ccccc1)c1c(N)n(Cc2ccccc2)c(=O)[nH]c1=O. The van der Waals surface area contributed by atoms with E-state index in [1.54, 1.807) is 18.9 Å². The van der Waals surface area contributed by atoms with E-state index in [4.69, 9.17) is 5.73 Å². The number of para-hydroxylation sites is 1. The highest BCUT2D eigenvalue weighted by atomic mass is 16.2. The fraction of sp³-hybridized carbons (Fsp3) is 0.227. The summed E-state index contributed by atoms with van der Waals surface area (Å²) in [6.07, 6.45) is 0. The third-order valence-corrected chi connectivity index (χ3v) is 4.85. The summed E-state index contributed by atoms with van der Waals surface area (Å²) >= 11 is 0. The maximum absolute atomic E-state index is 13.0. The Bertz CT molecular complexity index is 1120. The number of nitrogens with one attached hydrogen (secondary N) is 1. The van der Waals surface area contributed by atoms with Gasteiger partial charge in [-0.15, -0.1) is 0 Å². The first kappa shape index (κ1) is 20.9. The van der Waals surface area contributed by atoms with Crippen LogP contribution in [-0.2, 0) is 11.3 Å². The lowest BCUT2D eigenvalue weighted by molar-refractivity contribution is -0.117. The fourth-order valence-electron chi connectivity index (χ4n) is 3.28. The van der Waals surface area contributed by atoms with E-state index >= 15 is 0 Å². The molecule has 0 unspecified atom stereocenters. The zero-order valence-corrected chi connectivity index (χ0v) is 17.0. The van der Waals surface area contributed by atoms with Gasteiger partial charge in [0, 0.05) is 19.3 Å². The molecule has 3 rings (SSSR count).